The number of carbonyl (C=O) groups excluding carboxylic acids is 1. The standard InChI is InChI=1S/C17H20N4O2/c1-12-15(19-14-6-4-3-5-13(14)18-12)9-21-8-7-17(11-21)10-20(2)16(22)23-17/h3-6H,7-11H2,1-2H3/t17-/m1/s1. The molecule has 4 rings (SSSR count). The summed E-state index contributed by atoms with van der Waals surface area (Å²) in [7, 11) is 1.79. The van der Waals surface area contributed by atoms with Gasteiger partial charge in [0.1, 0.15) is 5.60 Å². The second-order valence-corrected chi connectivity index (χ2v) is 6.61. The summed E-state index contributed by atoms with van der Waals surface area (Å²) in [4.78, 5) is 25.0. The summed E-state index contributed by atoms with van der Waals surface area (Å²) in [5, 5.41) is 0. The lowest BCUT2D eigenvalue weighted by Gasteiger charge is -2.22. The number of likely N-dealkylation sites (tertiary alicyclic amines) is 1. The van der Waals surface area contributed by atoms with Gasteiger partial charge in [0.05, 0.1) is 29.0 Å². The van der Waals surface area contributed by atoms with Crippen molar-refractivity contribution in [2.45, 2.75) is 25.5 Å². The second-order valence-electron chi connectivity index (χ2n) is 6.61. The molecule has 1 spiro atoms. The van der Waals surface area contributed by atoms with Crippen LogP contribution in [0.25, 0.3) is 11.0 Å². The van der Waals surface area contributed by atoms with Crippen LogP contribution in [0, 0.1) is 6.92 Å². The number of nitrogens with zero attached hydrogens (tertiary/aromatic N) is 4. The van der Waals surface area contributed by atoms with Gasteiger partial charge in [0.25, 0.3) is 0 Å². The van der Waals surface area contributed by atoms with Gasteiger partial charge in [-0.15, -0.1) is 0 Å². The molecule has 1 aromatic carbocycles. The average molecular weight is 312 g/mol. The molecule has 2 saturated heterocycles. The zero-order valence-electron chi connectivity index (χ0n) is 13.5. The topological polar surface area (TPSA) is 58.6 Å². The SMILES string of the molecule is Cc1nc2ccccc2nc1CN1CC[C@]2(C1)CN(C)C(=O)O2. The zero-order chi connectivity index (χ0) is 16.0. The molecule has 120 valence electrons. The Balaban J connectivity index is 1.53. The van der Waals surface area contributed by atoms with Crippen molar-refractivity contribution >= 4 is 17.1 Å². The Hall–Kier alpha value is -2.21. The summed E-state index contributed by atoms with van der Waals surface area (Å²) < 4.78 is 5.60. The van der Waals surface area contributed by atoms with Crippen LogP contribution in [0.1, 0.15) is 17.8 Å². The van der Waals surface area contributed by atoms with Crippen LogP contribution in [0.5, 0.6) is 0 Å². The first-order valence-corrected chi connectivity index (χ1v) is 7.93. The maximum atomic E-state index is 11.7. The van der Waals surface area contributed by atoms with Gasteiger partial charge in [-0.25, -0.2) is 14.8 Å². The first kappa shape index (κ1) is 14.4. The molecule has 3 heterocycles. The number of hydrogen-bond donors (Lipinski definition) is 0. The number of para-hydroxylation sites is 2. The lowest BCUT2D eigenvalue weighted by molar-refractivity contribution is 0.0626. The summed E-state index contributed by atoms with van der Waals surface area (Å²) in [6.45, 7) is 5.09. The number of hydrogen-bond acceptors (Lipinski definition) is 5. The van der Waals surface area contributed by atoms with Crippen molar-refractivity contribution in [2.75, 3.05) is 26.7 Å². The van der Waals surface area contributed by atoms with E-state index in [2.05, 4.69) is 9.88 Å². The van der Waals surface area contributed by atoms with E-state index < -0.39 is 0 Å². The smallest absolute Gasteiger partial charge is 0.410 e. The highest BCUT2D eigenvalue weighted by molar-refractivity contribution is 5.74. The van der Waals surface area contributed by atoms with Crippen molar-refractivity contribution in [1.82, 2.24) is 19.8 Å². The number of benzene rings is 1. The van der Waals surface area contributed by atoms with E-state index in [-0.39, 0.29) is 11.7 Å². The van der Waals surface area contributed by atoms with Crippen LogP contribution in [0.4, 0.5) is 4.79 Å². The maximum Gasteiger partial charge on any atom is 0.410 e. The molecule has 1 atom stereocenters. The van der Waals surface area contributed by atoms with Crippen LogP contribution in [-0.2, 0) is 11.3 Å². The number of amides is 1. The first-order chi connectivity index (χ1) is 11.0. The van der Waals surface area contributed by atoms with E-state index in [1.54, 1.807) is 11.9 Å². The van der Waals surface area contributed by atoms with Crippen molar-refractivity contribution in [3.63, 3.8) is 0 Å². The quantitative estimate of drug-likeness (QED) is 0.848. The maximum absolute atomic E-state index is 11.7. The molecule has 2 aliphatic heterocycles. The number of likely N-dealkylation sites (N-methyl/N-ethyl adjacent to an activating group) is 1. The minimum absolute atomic E-state index is 0.214. The Morgan fingerprint density at radius 3 is 2.65 bits per heavy atom. The summed E-state index contributed by atoms with van der Waals surface area (Å²) in [5.41, 5.74) is 3.47. The molecule has 0 aliphatic carbocycles. The van der Waals surface area contributed by atoms with Gasteiger partial charge in [0.15, 0.2) is 0 Å². The van der Waals surface area contributed by atoms with Gasteiger partial charge in [0, 0.05) is 33.1 Å². The van der Waals surface area contributed by atoms with Crippen LogP contribution >= 0.6 is 0 Å². The molecule has 1 amide bonds. The minimum atomic E-state index is -0.343. The Morgan fingerprint density at radius 2 is 1.96 bits per heavy atom. The fraction of sp³-hybridized carbons (Fsp3) is 0.471. The Morgan fingerprint density at radius 1 is 1.22 bits per heavy atom. The third-order valence-electron chi connectivity index (χ3n) is 4.75. The number of carbonyl (C=O) groups is 1. The van der Waals surface area contributed by atoms with Crippen molar-refractivity contribution in [3.05, 3.63) is 35.7 Å². The van der Waals surface area contributed by atoms with Gasteiger partial charge in [0.2, 0.25) is 0 Å². The van der Waals surface area contributed by atoms with Crippen molar-refractivity contribution in [3.8, 4) is 0 Å². The van der Waals surface area contributed by atoms with Gasteiger partial charge in [-0.2, -0.15) is 0 Å². The minimum Gasteiger partial charge on any atom is -0.439 e. The number of aromatic nitrogens is 2. The van der Waals surface area contributed by atoms with Crippen molar-refractivity contribution in [1.29, 1.82) is 0 Å². The number of rotatable bonds is 2. The Kier molecular flexibility index (Phi) is 3.23. The molecule has 6 nitrogen and oxygen atoms in total. The van der Waals surface area contributed by atoms with Crippen LogP contribution in [-0.4, -0.2) is 58.1 Å². The van der Waals surface area contributed by atoms with Crippen LogP contribution < -0.4 is 0 Å². The summed E-state index contributed by atoms with van der Waals surface area (Å²) >= 11 is 0. The van der Waals surface area contributed by atoms with E-state index in [1.807, 2.05) is 31.2 Å². The average Bonchev–Trinajstić information content (AvgIpc) is 3.03. The van der Waals surface area contributed by atoms with Crippen LogP contribution in [0.2, 0.25) is 0 Å². The fourth-order valence-corrected chi connectivity index (χ4v) is 3.55. The van der Waals surface area contributed by atoms with E-state index in [0.29, 0.717) is 6.54 Å². The Labute approximate surface area is 135 Å². The van der Waals surface area contributed by atoms with Crippen molar-refractivity contribution < 1.29 is 9.53 Å². The zero-order valence-corrected chi connectivity index (χ0v) is 13.5. The molecule has 23 heavy (non-hydrogen) atoms. The molecule has 1 aromatic heterocycles. The molecule has 6 heteroatoms. The Bertz CT molecular complexity index is 778. The molecule has 2 aliphatic rings. The predicted molar refractivity (Wildman–Crippen MR) is 86.0 cm³/mol. The van der Waals surface area contributed by atoms with E-state index >= 15 is 0 Å². The van der Waals surface area contributed by atoms with Gasteiger partial charge < -0.3 is 9.64 Å². The molecule has 0 saturated carbocycles. The van der Waals surface area contributed by atoms with Crippen molar-refractivity contribution in [2.24, 2.45) is 0 Å². The second kappa shape index (κ2) is 5.16. The highest BCUT2D eigenvalue weighted by Gasteiger charge is 2.48. The molecule has 0 bridgehead atoms. The monoisotopic (exact) mass is 312 g/mol. The number of ether oxygens (including phenoxy) is 1. The van der Waals surface area contributed by atoms with E-state index in [0.717, 1.165) is 48.5 Å². The van der Waals surface area contributed by atoms with Crippen LogP contribution in [0.3, 0.4) is 0 Å². The lowest BCUT2D eigenvalue weighted by Crippen LogP contribution is -2.37. The molecule has 2 aromatic rings. The fourth-order valence-electron chi connectivity index (χ4n) is 3.55. The van der Waals surface area contributed by atoms with Gasteiger partial charge in [-0.3, -0.25) is 4.90 Å². The summed E-state index contributed by atoms with van der Waals surface area (Å²) in [6, 6.07) is 7.93. The normalized spacial score (nSPS) is 24.8. The molecular formula is C17H20N4O2. The predicted octanol–water partition coefficient (Wildman–Crippen LogP) is 1.96. The third kappa shape index (κ3) is 2.53. The summed E-state index contributed by atoms with van der Waals surface area (Å²) in [6.07, 6.45) is 0.664. The van der Waals surface area contributed by atoms with Crippen LogP contribution in [0.15, 0.2) is 24.3 Å². The highest BCUT2D eigenvalue weighted by Crippen LogP contribution is 2.32. The largest absolute Gasteiger partial charge is 0.439 e. The van der Waals surface area contributed by atoms with Gasteiger partial charge in [-0.1, -0.05) is 12.1 Å². The molecule has 0 radical (unpaired) electrons. The molecule has 2 fully saturated rings. The molecular weight excluding hydrogens is 292 g/mol. The van der Waals surface area contributed by atoms with Gasteiger partial charge >= 0.3 is 6.09 Å². The third-order valence-corrected chi connectivity index (χ3v) is 4.75. The number of aryl methyl sites for hydroxylation is 1. The molecule has 0 N–H and O–H groups in total. The van der Waals surface area contributed by atoms with Gasteiger partial charge in [-0.05, 0) is 19.1 Å². The van der Waals surface area contributed by atoms with E-state index in [4.69, 9.17) is 9.72 Å². The number of fused-ring (bicyclic) bond motifs is 1. The highest BCUT2D eigenvalue weighted by atomic mass is 16.6. The van der Waals surface area contributed by atoms with E-state index in [1.165, 1.54) is 0 Å². The first-order valence-electron chi connectivity index (χ1n) is 7.93. The summed E-state index contributed by atoms with van der Waals surface area (Å²) in [5.74, 6) is 0. The van der Waals surface area contributed by atoms with E-state index in [9.17, 15) is 4.79 Å². The molecule has 0 unspecified atom stereocenters. The lowest BCUT2D eigenvalue weighted by atomic mass is 10.0.